The minimum Gasteiger partial charge on any atom is -0.320 e. The Balaban J connectivity index is 4.07. The highest BCUT2D eigenvalue weighted by Crippen LogP contribution is 2.25. The van der Waals surface area contributed by atoms with Crippen molar-refractivity contribution in [2.45, 2.75) is 246 Å². The van der Waals surface area contributed by atoms with Crippen LogP contribution in [0.5, 0.6) is 0 Å². The number of nitrogens with zero attached hydrogens (tertiary/aromatic N) is 1. The Bertz CT molecular complexity index is 532. The maximum Gasteiger partial charge on any atom is -0.000664 e. The van der Waals surface area contributed by atoms with E-state index in [1.165, 1.54) is 238 Å². The average Bonchev–Trinajstić information content (AvgIpc) is 3.07. The molecule has 2 heteroatoms. The Morgan fingerprint density at radius 2 is 0.660 bits per heavy atom. The van der Waals surface area contributed by atoms with Gasteiger partial charge in [0.2, 0.25) is 0 Å². The van der Waals surface area contributed by atoms with Gasteiger partial charge in [0, 0.05) is 0 Å². The Labute approximate surface area is 300 Å². The van der Waals surface area contributed by atoms with Crippen molar-refractivity contribution in [1.29, 1.82) is 0 Å². The van der Waals surface area contributed by atoms with Gasteiger partial charge in [0.25, 0.3) is 0 Å². The highest BCUT2D eigenvalue weighted by molar-refractivity contribution is 4.64. The normalized spacial score (nSPS) is 12.6. The van der Waals surface area contributed by atoms with Crippen LogP contribution in [0.1, 0.15) is 246 Å². The number of hydrogen-bond acceptors (Lipinski definition) is 2. The van der Waals surface area contributed by atoms with Crippen LogP contribution in [-0.4, -0.2) is 38.1 Å². The van der Waals surface area contributed by atoms with Crippen molar-refractivity contribution < 1.29 is 0 Å². The zero-order valence-electron chi connectivity index (χ0n) is 34.0. The van der Waals surface area contributed by atoms with Gasteiger partial charge in [-0.05, 0) is 64.3 Å². The molecule has 0 aromatic rings. The molecular formula is C45H94N2. The van der Waals surface area contributed by atoms with Gasteiger partial charge < -0.3 is 10.2 Å². The van der Waals surface area contributed by atoms with E-state index in [9.17, 15) is 0 Å². The quantitative estimate of drug-likeness (QED) is 0.0655. The molecule has 0 aliphatic heterocycles. The smallest absolute Gasteiger partial charge is 0.000664 e. The molecule has 0 bridgehead atoms. The molecule has 0 aliphatic carbocycles. The van der Waals surface area contributed by atoms with Gasteiger partial charge in [0.15, 0.2) is 0 Å². The SMILES string of the molecule is CCCCCCCCC(C)CCCCCCCN(CCCCCCCC(CCCCCCCC)CCCCCCCC)CCCNC. The largest absolute Gasteiger partial charge is 0.320 e. The summed E-state index contributed by atoms with van der Waals surface area (Å²) < 4.78 is 0. The van der Waals surface area contributed by atoms with Crippen LogP contribution in [0, 0.1) is 11.8 Å². The van der Waals surface area contributed by atoms with Gasteiger partial charge >= 0.3 is 0 Å². The van der Waals surface area contributed by atoms with Gasteiger partial charge in [-0.3, -0.25) is 0 Å². The Morgan fingerprint density at radius 1 is 0.362 bits per heavy atom. The number of nitrogens with one attached hydrogen (secondary N) is 1. The first-order chi connectivity index (χ1) is 23.2. The molecule has 0 radical (unpaired) electrons. The third-order valence-electron chi connectivity index (χ3n) is 11.1. The predicted molar refractivity (Wildman–Crippen MR) is 217 cm³/mol. The summed E-state index contributed by atoms with van der Waals surface area (Å²) in [5.74, 6) is 1.96. The van der Waals surface area contributed by atoms with Crippen molar-refractivity contribution in [3.63, 3.8) is 0 Å². The maximum absolute atomic E-state index is 3.37. The van der Waals surface area contributed by atoms with Gasteiger partial charge in [-0.25, -0.2) is 0 Å². The van der Waals surface area contributed by atoms with Crippen molar-refractivity contribution in [2.75, 3.05) is 33.2 Å². The highest BCUT2D eigenvalue weighted by atomic mass is 15.1. The third kappa shape index (κ3) is 37.0. The molecule has 2 nitrogen and oxygen atoms in total. The van der Waals surface area contributed by atoms with E-state index in [4.69, 9.17) is 0 Å². The summed E-state index contributed by atoms with van der Waals surface area (Å²) in [5.41, 5.74) is 0. The van der Waals surface area contributed by atoms with Crippen LogP contribution in [0.2, 0.25) is 0 Å². The van der Waals surface area contributed by atoms with Crippen molar-refractivity contribution in [1.82, 2.24) is 10.2 Å². The summed E-state index contributed by atoms with van der Waals surface area (Å²) in [5, 5.41) is 3.37. The summed E-state index contributed by atoms with van der Waals surface area (Å²) in [6, 6.07) is 0. The molecule has 0 rings (SSSR count). The number of rotatable bonds is 41. The van der Waals surface area contributed by atoms with Gasteiger partial charge in [-0.2, -0.15) is 0 Å². The summed E-state index contributed by atoms with van der Waals surface area (Å²) in [6.07, 6.45) is 49.3. The van der Waals surface area contributed by atoms with Crippen molar-refractivity contribution in [2.24, 2.45) is 11.8 Å². The van der Waals surface area contributed by atoms with Crippen LogP contribution in [0.4, 0.5) is 0 Å². The Morgan fingerprint density at radius 3 is 1.02 bits per heavy atom. The lowest BCUT2D eigenvalue weighted by molar-refractivity contribution is 0.256. The van der Waals surface area contributed by atoms with Crippen LogP contribution in [0.25, 0.3) is 0 Å². The van der Waals surface area contributed by atoms with E-state index in [-0.39, 0.29) is 0 Å². The van der Waals surface area contributed by atoms with Crippen LogP contribution < -0.4 is 5.32 Å². The molecule has 0 saturated heterocycles. The maximum atomic E-state index is 3.37. The number of hydrogen-bond donors (Lipinski definition) is 1. The van der Waals surface area contributed by atoms with E-state index < -0.39 is 0 Å². The molecule has 0 saturated carbocycles. The van der Waals surface area contributed by atoms with Crippen molar-refractivity contribution in [3.8, 4) is 0 Å². The monoisotopic (exact) mass is 663 g/mol. The van der Waals surface area contributed by atoms with Gasteiger partial charge in [-0.15, -0.1) is 0 Å². The summed E-state index contributed by atoms with van der Waals surface area (Å²) in [7, 11) is 2.10. The fourth-order valence-electron chi connectivity index (χ4n) is 7.75. The second-order valence-electron chi connectivity index (χ2n) is 16.1. The summed E-state index contributed by atoms with van der Waals surface area (Å²) >= 11 is 0. The predicted octanol–water partition coefficient (Wildman–Crippen LogP) is 15.1. The molecule has 0 aromatic carbocycles. The zero-order chi connectivity index (χ0) is 34.3. The molecule has 0 amide bonds. The fraction of sp³-hybridized carbons (Fsp3) is 1.00. The molecule has 0 heterocycles. The Kier molecular flexibility index (Phi) is 40.3. The lowest BCUT2D eigenvalue weighted by Gasteiger charge is -2.22. The Hall–Kier alpha value is -0.0800. The molecule has 284 valence electrons. The highest BCUT2D eigenvalue weighted by Gasteiger charge is 2.10. The van der Waals surface area contributed by atoms with Crippen LogP contribution in [0.3, 0.4) is 0 Å². The molecule has 1 atom stereocenters. The molecule has 0 aromatic heterocycles. The summed E-state index contributed by atoms with van der Waals surface area (Å²) in [4.78, 5) is 2.80. The van der Waals surface area contributed by atoms with E-state index >= 15 is 0 Å². The van der Waals surface area contributed by atoms with Crippen LogP contribution in [-0.2, 0) is 0 Å². The lowest BCUT2D eigenvalue weighted by atomic mass is 9.89. The van der Waals surface area contributed by atoms with E-state index in [1.807, 2.05) is 0 Å². The van der Waals surface area contributed by atoms with Gasteiger partial charge in [0.1, 0.15) is 0 Å². The zero-order valence-corrected chi connectivity index (χ0v) is 34.0. The van der Waals surface area contributed by atoms with E-state index in [1.54, 1.807) is 0 Å². The first-order valence-electron chi connectivity index (χ1n) is 22.5. The molecule has 0 aliphatic rings. The third-order valence-corrected chi connectivity index (χ3v) is 11.1. The molecule has 1 unspecified atom stereocenters. The van der Waals surface area contributed by atoms with Crippen molar-refractivity contribution >= 4 is 0 Å². The molecule has 0 fully saturated rings. The first kappa shape index (κ1) is 46.9. The number of unbranched alkanes of at least 4 members (excludes halogenated alkanes) is 23. The van der Waals surface area contributed by atoms with Gasteiger partial charge in [-0.1, -0.05) is 227 Å². The molecule has 1 N–H and O–H groups in total. The lowest BCUT2D eigenvalue weighted by Crippen LogP contribution is -2.29. The topological polar surface area (TPSA) is 15.3 Å². The summed E-state index contributed by atoms with van der Waals surface area (Å²) in [6.45, 7) is 14.6. The molecular weight excluding hydrogens is 569 g/mol. The second-order valence-corrected chi connectivity index (χ2v) is 16.1. The first-order valence-corrected chi connectivity index (χ1v) is 22.5. The average molecular weight is 663 g/mol. The standard InChI is InChI=1S/C45H94N2/c1-6-9-12-15-20-27-35-44(4)36-28-21-18-25-32-41-47(43-34-40-46-5)42-33-26-19-24-31-39-45(37-29-22-16-13-10-7-2)38-30-23-17-14-11-8-3/h44-46H,6-43H2,1-5H3. The van der Waals surface area contributed by atoms with E-state index in [0.717, 1.165) is 18.4 Å². The van der Waals surface area contributed by atoms with Crippen LogP contribution in [0.15, 0.2) is 0 Å². The van der Waals surface area contributed by atoms with E-state index in [2.05, 4.69) is 45.0 Å². The van der Waals surface area contributed by atoms with Crippen molar-refractivity contribution in [3.05, 3.63) is 0 Å². The fourth-order valence-corrected chi connectivity index (χ4v) is 7.75. The minimum absolute atomic E-state index is 0.945. The van der Waals surface area contributed by atoms with Gasteiger partial charge in [0.05, 0.1) is 0 Å². The molecule has 47 heavy (non-hydrogen) atoms. The van der Waals surface area contributed by atoms with Crippen LogP contribution >= 0.6 is 0 Å². The second kappa shape index (κ2) is 40.4. The molecule has 0 spiro atoms. The minimum atomic E-state index is 0.945. The van der Waals surface area contributed by atoms with E-state index in [0.29, 0.717) is 0 Å².